The second-order valence-electron chi connectivity index (χ2n) is 15.6. The van der Waals surface area contributed by atoms with Crippen LogP contribution in [0.5, 0.6) is 0 Å². The predicted octanol–water partition coefficient (Wildman–Crippen LogP) is 4.26. The molecule has 4 rings (SSSR count). The maximum Gasteiger partial charge on any atom is 0.351 e. The van der Waals surface area contributed by atoms with Crippen LogP contribution >= 0.6 is 0 Å². The van der Waals surface area contributed by atoms with Gasteiger partial charge in [0, 0.05) is 25.4 Å². The summed E-state index contributed by atoms with van der Waals surface area (Å²) < 4.78 is 29.7. The smallest absolute Gasteiger partial charge is 0.351 e. The molecule has 0 amide bonds. The van der Waals surface area contributed by atoms with Crippen molar-refractivity contribution < 1.29 is 58.5 Å². The molecule has 284 valence electrons. The molecule has 0 aliphatic carbocycles. The molecule has 3 fully saturated rings. The van der Waals surface area contributed by atoms with Gasteiger partial charge in [0.25, 0.3) is 0 Å². The number of Topliss-reactive ketones (excluding diaryl/α,β-unsaturated/α-hetero) is 2. The summed E-state index contributed by atoms with van der Waals surface area (Å²) in [5.74, 6) is -4.47. The number of ether oxygens (including phenoxy) is 5. The van der Waals surface area contributed by atoms with Crippen LogP contribution in [0.4, 0.5) is 0 Å². The van der Waals surface area contributed by atoms with E-state index in [4.69, 9.17) is 23.7 Å². The van der Waals surface area contributed by atoms with Crippen LogP contribution in [0.15, 0.2) is 23.7 Å². The normalized spacial score (nSPS) is 38.7. The summed E-state index contributed by atoms with van der Waals surface area (Å²) in [4.78, 5) is 39.4. The first-order chi connectivity index (χ1) is 23.3. The maximum absolute atomic E-state index is 14.2. The lowest BCUT2D eigenvalue weighted by atomic mass is 9.73. The van der Waals surface area contributed by atoms with E-state index in [2.05, 4.69) is 6.58 Å². The SMILES string of the molecule is C=C1OC(=O)C(C(=O)CC2OC(C(C)C(O)C(CC)C(=O)C(C)(O)C3CCC(CC)(C4CCC(O)(C(C)OC)C(C)O4)O3)C(C)CC2C)=C1O. The molecule has 14 unspecified atom stereocenters. The van der Waals surface area contributed by atoms with Crippen molar-refractivity contribution in [2.24, 2.45) is 23.7 Å². The number of cyclic esters (lactones) is 1. The highest BCUT2D eigenvalue weighted by atomic mass is 16.6. The van der Waals surface area contributed by atoms with E-state index < -0.39 is 94.1 Å². The zero-order chi connectivity index (χ0) is 37.5. The molecule has 0 bridgehead atoms. The fourth-order valence-corrected chi connectivity index (χ4v) is 8.91. The van der Waals surface area contributed by atoms with Crippen LogP contribution in [0.2, 0.25) is 0 Å². The lowest BCUT2D eigenvalue weighted by molar-refractivity contribution is -0.255. The molecule has 4 N–H and O–H groups in total. The molecule has 0 aromatic rings. The van der Waals surface area contributed by atoms with Gasteiger partial charge in [0.2, 0.25) is 0 Å². The summed E-state index contributed by atoms with van der Waals surface area (Å²) in [5.41, 5.74) is -4.24. The minimum atomic E-state index is -1.90. The summed E-state index contributed by atoms with van der Waals surface area (Å²) in [6.45, 7) is 18.1. The molecule has 0 aromatic carbocycles. The minimum Gasteiger partial charge on any atom is -0.504 e. The van der Waals surface area contributed by atoms with Crippen LogP contribution in [0.1, 0.15) is 107 Å². The Morgan fingerprint density at radius 2 is 1.76 bits per heavy atom. The van der Waals surface area contributed by atoms with Gasteiger partial charge >= 0.3 is 5.97 Å². The van der Waals surface area contributed by atoms with Crippen LogP contribution in [-0.2, 0) is 38.1 Å². The van der Waals surface area contributed by atoms with Gasteiger partial charge in [-0.25, -0.2) is 4.79 Å². The number of aliphatic hydroxyl groups is 4. The van der Waals surface area contributed by atoms with Gasteiger partial charge in [0.05, 0.1) is 48.3 Å². The number of ketones is 2. The van der Waals surface area contributed by atoms with E-state index in [1.165, 1.54) is 6.92 Å². The van der Waals surface area contributed by atoms with Gasteiger partial charge < -0.3 is 44.1 Å². The second-order valence-corrected chi connectivity index (χ2v) is 15.6. The fraction of sp³-hybridized carbons (Fsp3) is 0.816. The standard InChI is InChI=1S/C38H60O12/c1-11-25(31(40)21(5)33-20(4)17-19(3)27(49-33)18-26(39)30-32(41)22(6)47-35(30)43)34(42)36(9,44)28-13-15-37(12-2,50-28)29-14-16-38(45,23(7)46-10)24(8)48-29/h19-21,23-25,27-29,31,33,40-41,44-45H,6,11-18H2,1-5,7-10H3. The van der Waals surface area contributed by atoms with Gasteiger partial charge in [-0.05, 0) is 77.6 Å². The van der Waals surface area contributed by atoms with Crippen molar-refractivity contribution in [1.82, 2.24) is 0 Å². The van der Waals surface area contributed by atoms with Gasteiger partial charge in [-0.15, -0.1) is 0 Å². The number of methoxy groups -OCH3 is 1. The minimum absolute atomic E-state index is 0.0243. The summed E-state index contributed by atoms with van der Waals surface area (Å²) in [6, 6.07) is 0. The fourth-order valence-electron chi connectivity index (χ4n) is 8.91. The summed E-state index contributed by atoms with van der Waals surface area (Å²) >= 11 is 0. The maximum atomic E-state index is 14.2. The van der Waals surface area contributed by atoms with Crippen molar-refractivity contribution in [3.63, 3.8) is 0 Å². The van der Waals surface area contributed by atoms with Crippen LogP contribution < -0.4 is 0 Å². The largest absolute Gasteiger partial charge is 0.504 e. The molecular weight excluding hydrogens is 648 g/mol. The summed E-state index contributed by atoms with van der Waals surface area (Å²) in [6.07, 6.45) is -1.08. The van der Waals surface area contributed by atoms with Crippen LogP contribution in [0.25, 0.3) is 0 Å². The Morgan fingerprint density at radius 3 is 2.30 bits per heavy atom. The molecule has 0 saturated carbocycles. The number of hydrogen-bond donors (Lipinski definition) is 4. The topological polar surface area (TPSA) is 178 Å². The van der Waals surface area contributed by atoms with Crippen molar-refractivity contribution in [3.8, 4) is 0 Å². The lowest BCUT2D eigenvalue weighted by Crippen LogP contribution is -2.60. The molecule has 3 saturated heterocycles. The Labute approximate surface area is 296 Å². The molecule has 12 heteroatoms. The van der Waals surface area contributed by atoms with Gasteiger partial charge in [-0.2, -0.15) is 0 Å². The molecule has 0 radical (unpaired) electrons. The Kier molecular flexibility index (Phi) is 12.5. The molecule has 0 aromatic heterocycles. The van der Waals surface area contributed by atoms with E-state index in [9.17, 15) is 34.8 Å². The number of esters is 1. The Morgan fingerprint density at radius 1 is 1.10 bits per heavy atom. The first-order valence-corrected chi connectivity index (χ1v) is 18.4. The molecular formula is C38H60O12. The van der Waals surface area contributed by atoms with E-state index in [1.807, 2.05) is 34.6 Å². The highest BCUT2D eigenvalue weighted by molar-refractivity contribution is 6.20. The van der Waals surface area contributed by atoms with Crippen molar-refractivity contribution in [1.29, 1.82) is 0 Å². The van der Waals surface area contributed by atoms with E-state index in [-0.39, 0.29) is 36.5 Å². The van der Waals surface area contributed by atoms with E-state index in [0.29, 0.717) is 38.5 Å². The number of aliphatic hydroxyl groups excluding tert-OH is 2. The zero-order valence-electron chi connectivity index (χ0n) is 31.3. The third kappa shape index (κ3) is 7.36. The number of carbonyl (C=O) groups excluding carboxylic acids is 3. The highest BCUT2D eigenvalue weighted by Crippen LogP contribution is 2.47. The number of rotatable bonds is 14. The van der Waals surface area contributed by atoms with Crippen LogP contribution in [0.3, 0.4) is 0 Å². The second kappa shape index (κ2) is 15.4. The summed E-state index contributed by atoms with van der Waals surface area (Å²) in [5, 5.41) is 45.0. The van der Waals surface area contributed by atoms with Gasteiger partial charge in [0.1, 0.15) is 16.8 Å². The quantitative estimate of drug-likeness (QED) is 0.149. The predicted molar refractivity (Wildman–Crippen MR) is 183 cm³/mol. The Hall–Kier alpha value is -2.19. The molecule has 50 heavy (non-hydrogen) atoms. The Balaban J connectivity index is 1.45. The van der Waals surface area contributed by atoms with Gasteiger partial charge in [0.15, 0.2) is 23.1 Å². The van der Waals surface area contributed by atoms with Crippen molar-refractivity contribution in [2.45, 2.75) is 166 Å². The molecule has 12 nitrogen and oxygen atoms in total. The van der Waals surface area contributed by atoms with Crippen molar-refractivity contribution in [3.05, 3.63) is 23.7 Å². The monoisotopic (exact) mass is 708 g/mol. The average Bonchev–Trinajstić information content (AvgIpc) is 3.63. The van der Waals surface area contributed by atoms with Crippen molar-refractivity contribution in [2.75, 3.05) is 7.11 Å². The molecule has 4 aliphatic rings. The van der Waals surface area contributed by atoms with Crippen LogP contribution in [-0.4, -0.2) is 105 Å². The highest BCUT2D eigenvalue weighted by Gasteiger charge is 2.57. The molecule has 0 spiro atoms. The third-order valence-corrected chi connectivity index (χ3v) is 12.6. The number of carbonyl (C=O) groups is 3. The molecule has 14 atom stereocenters. The first kappa shape index (κ1) is 40.6. The lowest BCUT2D eigenvalue weighted by Gasteiger charge is -2.49. The zero-order valence-corrected chi connectivity index (χ0v) is 31.3. The number of hydrogen-bond acceptors (Lipinski definition) is 12. The van der Waals surface area contributed by atoms with Crippen molar-refractivity contribution >= 4 is 17.5 Å². The molecule has 4 heterocycles. The Bertz CT molecular complexity index is 1320. The molecule has 4 aliphatic heterocycles. The van der Waals surface area contributed by atoms with Crippen LogP contribution in [0, 0.1) is 23.7 Å². The first-order valence-electron chi connectivity index (χ1n) is 18.4. The van der Waals surface area contributed by atoms with E-state index in [0.717, 1.165) is 0 Å². The van der Waals surface area contributed by atoms with Gasteiger partial charge in [-0.3, -0.25) is 9.59 Å². The average molecular weight is 709 g/mol. The van der Waals surface area contributed by atoms with E-state index >= 15 is 0 Å². The van der Waals surface area contributed by atoms with E-state index in [1.54, 1.807) is 21.0 Å². The third-order valence-electron chi connectivity index (χ3n) is 12.6. The summed E-state index contributed by atoms with van der Waals surface area (Å²) in [7, 11) is 1.56. The van der Waals surface area contributed by atoms with Gasteiger partial charge in [-0.1, -0.05) is 41.2 Å².